The van der Waals surface area contributed by atoms with Crippen LogP contribution in [-0.4, -0.2) is 60.2 Å². The van der Waals surface area contributed by atoms with Crippen molar-refractivity contribution >= 4 is 17.4 Å². The smallest absolute Gasteiger partial charge is 0.379 e. The fraction of sp³-hybridized carbons (Fsp3) is 0.292. The number of amides is 1. The standard InChI is InChI=1S/C24H24F3N5O2/c25-24(26,27)19-5-7-20(8-6-19)31-22-15-21(29-16-30-22)17-1-3-18(4-2-17)23(33)28-9-10-32-11-13-34-14-12-32/h1-8,15-16H,9-14H2,(H,28,33)(H,29,30,31). The van der Waals surface area contributed by atoms with Crippen LogP contribution in [0.3, 0.4) is 0 Å². The largest absolute Gasteiger partial charge is 0.416 e. The van der Waals surface area contributed by atoms with Crippen molar-refractivity contribution < 1.29 is 22.7 Å². The summed E-state index contributed by atoms with van der Waals surface area (Å²) in [5.41, 5.74) is 1.70. The van der Waals surface area contributed by atoms with Gasteiger partial charge in [0.1, 0.15) is 12.1 Å². The van der Waals surface area contributed by atoms with Crippen LogP contribution in [0.5, 0.6) is 0 Å². The molecule has 0 bridgehead atoms. The summed E-state index contributed by atoms with van der Waals surface area (Å²) in [6, 6.07) is 13.4. The zero-order valence-corrected chi connectivity index (χ0v) is 18.3. The molecule has 1 amide bonds. The zero-order chi connectivity index (χ0) is 24.0. The van der Waals surface area contributed by atoms with Gasteiger partial charge in [0.25, 0.3) is 5.91 Å². The maximum absolute atomic E-state index is 12.7. The highest BCUT2D eigenvalue weighted by atomic mass is 19.4. The summed E-state index contributed by atoms with van der Waals surface area (Å²) < 4.78 is 43.5. The predicted molar refractivity (Wildman–Crippen MR) is 122 cm³/mol. The number of carbonyl (C=O) groups is 1. The molecule has 0 saturated carbocycles. The Morgan fingerprint density at radius 1 is 1.00 bits per heavy atom. The van der Waals surface area contributed by atoms with Gasteiger partial charge in [0.05, 0.1) is 24.5 Å². The van der Waals surface area contributed by atoms with Gasteiger partial charge in [-0.15, -0.1) is 0 Å². The molecule has 178 valence electrons. The Balaban J connectivity index is 1.35. The number of nitrogens with zero attached hydrogens (tertiary/aromatic N) is 3. The number of morpholine rings is 1. The van der Waals surface area contributed by atoms with Gasteiger partial charge in [-0.1, -0.05) is 12.1 Å². The summed E-state index contributed by atoms with van der Waals surface area (Å²) in [5.74, 6) is 0.293. The van der Waals surface area contributed by atoms with Gasteiger partial charge in [-0.2, -0.15) is 13.2 Å². The third-order valence-corrected chi connectivity index (χ3v) is 5.41. The summed E-state index contributed by atoms with van der Waals surface area (Å²) in [5, 5.41) is 5.91. The van der Waals surface area contributed by atoms with Crippen molar-refractivity contribution in [2.24, 2.45) is 0 Å². The molecular weight excluding hydrogens is 447 g/mol. The van der Waals surface area contributed by atoms with Gasteiger partial charge in [0.2, 0.25) is 0 Å². The second-order valence-corrected chi connectivity index (χ2v) is 7.78. The Morgan fingerprint density at radius 2 is 1.71 bits per heavy atom. The molecule has 2 N–H and O–H groups in total. The number of benzene rings is 2. The average molecular weight is 471 g/mol. The monoisotopic (exact) mass is 471 g/mol. The molecule has 0 unspecified atom stereocenters. The van der Waals surface area contributed by atoms with Crippen molar-refractivity contribution in [2.75, 3.05) is 44.7 Å². The SMILES string of the molecule is O=C(NCCN1CCOCC1)c1ccc(-c2cc(Nc3ccc(C(F)(F)F)cc3)ncn2)cc1. The van der Waals surface area contributed by atoms with E-state index in [0.717, 1.165) is 50.5 Å². The molecule has 3 aromatic rings. The Labute approximate surface area is 195 Å². The minimum Gasteiger partial charge on any atom is -0.379 e. The lowest BCUT2D eigenvalue weighted by molar-refractivity contribution is -0.137. The van der Waals surface area contributed by atoms with Gasteiger partial charge in [0.15, 0.2) is 0 Å². The van der Waals surface area contributed by atoms with Crippen LogP contribution in [0.4, 0.5) is 24.7 Å². The maximum Gasteiger partial charge on any atom is 0.416 e. The highest BCUT2D eigenvalue weighted by Crippen LogP contribution is 2.30. The van der Waals surface area contributed by atoms with E-state index in [9.17, 15) is 18.0 Å². The summed E-state index contributed by atoms with van der Waals surface area (Å²) in [6.45, 7) is 4.53. The Bertz CT molecular complexity index is 1100. The number of carbonyl (C=O) groups excluding carboxylic acids is 1. The topological polar surface area (TPSA) is 79.4 Å². The van der Waals surface area contributed by atoms with Crippen molar-refractivity contribution in [3.63, 3.8) is 0 Å². The molecule has 34 heavy (non-hydrogen) atoms. The Morgan fingerprint density at radius 3 is 2.38 bits per heavy atom. The highest BCUT2D eigenvalue weighted by Gasteiger charge is 2.29. The molecule has 1 saturated heterocycles. The van der Waals surface area contributed by atoms with Gasteiger partial charge < -0.3 is 15.4 Å². The van der Waals surface area contributed by atoms with Crippen molar-refractivity contribution in [1.29, 1.82) is 0 Å². The van der Waals surface area contributed by atoms with E-state index in [1.165, 1.54) is 18.5 Å². The number of ether oxygens (including phenoxy) is 1. The zero-order valence-electron chi connectivity index (χ0n) is 18.3. The average Bonchev–Trinajstić information content (AvgIpc) is 2.85. The first-order valence-electron chi connectivity index (χ1n) is 10.8. The van der Waals surface area contributed by atoms with E-state index in [4.69, 9.17) is 4.74 Å². The van der Waals surface area contributed by atoms with Crippen molar-refractivity contribution in [3.05, 3.63) is 72.1 Å². The van der Waals surface area contributed by atoms with Gasteiger partial charge in [-0.3, -0.25) is 9.69 Å². The molecule has 1 aliphatic rings. The molecule has 0 atom stereocenters. The first kappa shape index (κ1) is 23.7. The normalized spacial score (nSPS) is 14.6. The molecule has 0 radical (unpaired) electrons. The lowest BCUT2D eigenvalue weighted by Crippen LogP contribution is -2.41. The molecule has 2 aromatic carbocycles. The third-order valence-electron chi connectivity index (χ3n) is 5.41. The van der Waals surface area contributed by atoms with E-state index in [0.29, 0.717) is 29.3 Å². The van der Waals surface area contributed by atoms with E-state index in [2.05, 4.69) is 25.5 Å². The van der Waals surface area contributed by atoms with Crippen LogP contribution in [0, 0.1) is 0 Å². The number of hydrogen-bond acceptors (Lipinski definition) is 6. The molecule has 7 nitrogen and oxygen atoms in total. The van der Waals surface area contributed by atoms with Crippen LogP contribution >= 0.6 is 0 Å². The van der Waals surface area contributed by atoms with Gasteiger partial charge in [-0.25, -0.2) is 9.97 Å². The number of hydrogen-bond donors (Lipinski definition) is 2. The van der Waals surface area contributed by atoms with Crippen LogP contribution in [0.1, 0.15) is 15.9 Å². The second kappa shape index (κ2) is 10.6. The molecule has 4 rings (SSSR count). The lowest BCUT2D eigenvalue weighted by atomic mass is 10.1. The van der Waals surface area contributed by atoms with Gasteiger partial charge in [-0.05, 0) is 36.4 Å². The maximum atomic E-state index is 12.7. The highest BCUT2D eigenvalue weighted by molar-refractivity contribution is 5.94. The van der Waals surface area contributed by atoms with Crippen LogP contribution in [0.15, 0.2) is 60.9 Å². The minimum atomic E-state index is -4.38. The van der Waals surface area contributed by atoms with E-state index < -0.39 is 11.7 Å². The van der Waals surface area contributed by atoms with Crippen molar-refractivity contribution in [3.8, 4) is 11.3 Å². The van der Waals surface area contributed by atoms with Crippen LogP contribution in [0.25, 0.3) is 11.3 Å². The predicted octanol–water partition coefficient (Wildman–Crippen LogP) is 3.97. The van der Waals surface area contributed by atoms with E-state index in [1.807, 2.05) is 0 Å². The molecule has 1 aliphatic heterocycles. The molecule has 1 aromatic heterocycles. The number of nitrogens with one attached hydrogen (secondary N) is 2. The van der Waals surface area contributed by atoms with Crippen LogP contribution < -0.4 is 10.6 Å². The van der Waals surface area contributed by atoms with E-state index in [-0.39, 0.29) is 5.91 Å². The Kier molecular flexibility index (Phi) is 7.39. The number of halogens is 3. The summed E-state index contributed by atoms with van der Waals surface area (Å²) in [7, 11) is 0. The summed E-state index contributed by atoms with van der Waals surface area (Å²) in [4.78, 5) is 23.1. The quantitative estimate of drug-likeness (QED) is 0.543. The summed E-state index contributed by atoms with van der Waals surface area (Å²) in [6.07, 6.45) is -3.01. The molecular formula is C24H24F3N5O2. The molecule has 10 heteroatoms. The third kappa shape index (κ3) is 6.30. The number of aromatic nitrogens is 2. The van der Waals surface area contributed by atoms with Crippen LogP contribution in [-0.2, 0) is 10.9 Å². The molecule has 2 heterocycles. The fourth-order valence-electron chi connectivity index (χ4n) is 3.52. The number of alkyl halides is 3. The number of anilines is 2. The van der Waals surface area contributed by atoms with Crippen molar-refractivity contribution in [1.82, 2.24) is 20.2 Å². The number of rotatable bonds is 7. The first-order chi connectivity index (χ1) is 16.4. The second-order valence-electron chi connectivity index (χ2n) is 7.78. The van der Waals surface area contributed by atoms with Gasteiger partial charge in [0, 0.05) is 49.1 Å². The van der Waals surface area contributed by atoms with Crippen molar-refractivity contribution in [2.45, 2.75) is 6.18 Å². The van der Waals surface area contributed by atoms with Gasteiger partial charge >= 0.3 is 6.18 Å². The molecule has 0 aliphatic carbocycles. The van der Waals surface area contributed by atoms with E-state index in [1.54, 1.807) is 30.3 Å². The fourth-order valence-corrected chi connectivity index (χ4v) is 3.52. The lowest BCUT2D eigenvalue weighted by Gasteiger charge is -2.26. The van der Waals surface area contributed by atoms with Crippen LogP contribution in [0.2, 0.25) is 0 Å². The van der Waals surface area contributed by atoms with E-state index >= 15 is 0 Å². The first-order valence-corrected chi connectivity index (χ1v) is 10.8. The molecule has 0 spiro atoms. The summed E-state index contributed by atoms with van der Waals surface area (Å²) >= 11 is 0. The minimum absolute atomic E-state index is 0.146. The molecule has 1 fully saturated rings. The Hall–Kier alpha value is -3.50.